The average molecular weight is 261 g/mol. The number of aromatic nitrogens is 1. The lowest BCUT2D eigenvalue weighted by atomic mass is 10.1. The Morgan fingerprint density at radius 2 is 2.29 bits per heavy atom. The van der Waals surface area contributed by atoms with Crippen LogP contribution in [0.3, 0.4) is 0 Å². The zero-order chi connectivity index (χ0) is 10.7. The summed E-state index contributed by atoms with van der Waals surface area (Å²) in [5.41, 5.74) is 0.769. The third kappa shape index (κ3) is 2.26. The van der Waals surface area contributed by atoms with Crippen molar-refractivity contribution >= 4 is 15.9 Å². The summed E-state index contributed by atoms with van der Waals surface area (Å²) in [6.45, 7) is 1.70. The second-order valence-electron chi connectivity index (χ2n) is 2.76. The van der Waals surface area contributed by atoms with Crippen LogP contribution in [-0.4, -0.2) is 4.98 Å². The predicted octanol–water partition coefficient (Wildman–Crippen LogP) is 3.16. The average Bonchev–Trinajstić information content (AvgIpc) is 2.01. The molecule has 0 amide bonds. The lowest BCUT2D eigenvalue weighted by Crippen LogP contribution is -1.99. The zero-order valence-corrected chi connectivity index (χ0v) is 8.98. The van der Waals surface area contributed by atoms with E-state index in [4.69, 9.17) is 5.26 Å². The molecule has 0 aliphatic carbocycles. The molecule has 5 heteroatoms. The summed E-state index contributed by atoms with van der Waals surface area (Å²) in [7, 11) is 0. The van der Waals surface area contributed by atoms with Crippen molar-refractivity contribution in [1.29, 1.82) is 5.26 Å². The molecule has 0 aliphatic rings. The zero-order valence-electron chi connectivity index (χ0n) is 7.39. The van der Waals surface area contributed by atoms with E-state index < -0.39 is 6.43 Å². The molecular weight excluding hydrogens is 254 g/mol. The van der Waals surface area contributed by atoms with E-state index in [1.165, 1.54) is 6.07 Å². The molecule has 0 unspecified atom stereocenters. The molecule has 0 spiro atoms. The summed E-state index contributed by atoms with van der Waals surface area (Å²) >= 11 is 2.97. The van der Waals surface area contributed by atoms with E-state index in [0.717, 1.165) is 0 Å². The van der Waals surface area contributed by atoms with Gasteiger partial charge in [-0.15, -0.1) is 0 Å². The number of pyridine rings is 1. The minimum Gasteiger partial charge on any atom is -0.246 e. The fourth-order valence-electron chi connectivity index (χ4n) is 1.17. The Morgan fingerprint density at radius 1 is 1.64 bits per heavy atom. The number of halogens is 3. The molecule has 1 aromatic heterocycles. The first-order chi connectivity index (χ1) is 6.56. The van der Waals surface area contributed by atoms with E-state index in [2.05, 4.69) is 20.9 Å². The van der Waals surface area contributed by atoms with Crippen LogP contribution >= 0.6 is 15.9 Å². The molecular formula is C9H7BrF2N2. The van der Waals surface area contributed by atoms with Gasteiger partial charge in [-0.3, -0.25) is 0 Å². The van der Waals surface area contributed by atoms with Gasteiger partial charge in [0.1, 0.15) is 4.60 Å². The van der Waals surface area contributed by atoms with Gasteiger partial charge in [0.05, 0.1) is 18.1 Å². The molecule has 0 aromatic carbocycles. The van der Waals surface area contributed by atoms with Crippen molar-refractivity contribution in [2.24, 2.45) is 0 Å². The van der Waals surface area contributed by atoms with Crippen LogP contribution in [0.2, 0.25) is 0 Å². The molecule has 1 heterocycles. The molecule has 14 heavy (non-hydrogen) atoms. The molecule has 0 aliphatic heterocycles. The highest BCUT2D eigenvalue weighted by Gasteiger charge is 2.18. The van der Waals surface area contributed by atoms with Gasteiger partial charge in [-0.25, -0.2) is 13.8 Å². The van der Waals surface area contributed by atoms with Crippen LogP contribution in [0.25, 0.3) is 0 Å². The van der Waals surface area contributed by atoms with Crippen molar-refractivity contribution in [2.75, 3.05) is 0 Å². The number of nitrogens with zero attached hydrogens (tertiary/aromatic N) is 2. The lowest BCUT2D eigenvalue weighted by molar-refractivity contribution is 0.149. The lowest BCUT2D eigenvalue weighted by Gasteiger charge is -2.08. The van der Waals surface area contributed by atoms with E-state index in [1.807, 2.05) is 6.07 Å². The van der Waals surface area contributed by atoms with Crippen LogP contribution in [0.1, 0.15) is 23.2 Å². The van der Waals surface area contributed by atoms with Gasteiger partial charge < -0.3 is 0 Å². The molecule has 2 nitrogen and oxygen atoms in total. The highest BCUT2D eigenvalue weighted by molar-refractivity contribution is 9.10. The molecule has 0 N–H and O–H groups in total. The first-order valence-electron chi connectivity index (χ1n) is 3.87. The molecule has 0 saturated carbocycles. The first-order valence-corrected chi connectivity index (χ1v) is 4.66. The third-order valence-corrected chi connectivity index (χ3v) is 2.32. The monoisotopic (exact) mass is 260 g/mol. The summed E-state index contributed by atoms with van der Waals surface area (Å²) in [6, 6.07) is 3.36. The topological polar surface area (TPSA) is 36.7 Å². The minimum atomic E-state index is -2.61. The number of hydrogen-bond donors (Lipinski definition) is 0. The smallest absolute Gasteiger partial charge is 0.246 e. The number of hydrogen-bond acceptors (Lipinski definition) is 2. The van der Waals surface area contributed by atoms with Crippen molar-refractivity contribution in [3.63, 3.8) is 0 Å². The summed E-state index contributed by atoms with van der Waals surface area (Å²) in [4.78, 5) is 3.86. The summed E-state index contributed by atoms with van der Waals surface area (Å²) in [5, 5.41) is 8.48. The largest absolute Gasteiger partial charge is 0.266 e. The summed E-state index contributed by atoms with van der Waals surface area (Å²) < 4.78 is 25.3. The molecule has 0 atom stereocenters. The fourth-order valence-corrected chi connectivity index (χ4v) is 1.88. The highest BCUT2D eigenvalue weighted by Crippen LogP contribution is 2.29. The van der Waals surface area contributed by atoms with Crippen molar-refractivity contribution in [2.45, 2.75) is 19.8 Å². The second-order valence-corrected chi connectivity index (χ2v) is 3.51. The first kappa shape index (κ1) is 11.1. The quantitative estimate of drug-likeness (QED) is 0.766. The van der Waals surface area contributed by atoms with Gasteiger partial charge in [0.25, 0.3) is 6.43 Å². The SMILES string of the molecule is Cc1cc(CC#N)c(C(F)F)c(Br)n1. The van der Waals surface area contributed by atoms with Crippen LogP contribution in [0.5, 0.6) is 0 Å². The summed E-state index contributed by atoms with van der Waals surface area (Å²) in [6.07, 6.45) is -2.64. The molecule has 0 bridgehead atoms. The van der Waals surface area contributed by atoms with Crippen LogP contribution in [0.15, 0.2) is 10.7 Å². The Balaban J connectivity index is 3.30. The standard InChI is InChI=1S/C9H7BrF2N2/c1-5-4-6(2-3-13)7(9(11)12)8(10)14-5/h4,9H,2H2,1H3. The van der Waals surface area contributed by atoms with Crippen LogP contribution in [-0.2, 0) is 6.42 Å². The van der Waals surface area contributed by atoms with Crippen LogP contribution < -0.4 is 0 Å². The van der Waals surface area contributed by atoms with Gasteiger partial charge in [-0.2, -0.15) is 5.26 Å². The van der Waals surface area contributed by atoms with Gasteiger partial charge in [0.2, 0.25) is 0 Å². The maximum Gasteiger partial charge on any atom is 0.266 e. The molecule has 0 radical (unpaired) electrons. The van der Waals surface area contributed by atoms with Gasteiger partial charge >= 0.3 is 0 Å². The maximum absolute atomic E-state index is 12.6. The normalized spacial score (nSPS) is 10.3. The van der Waals surface area contributed by atoms with Gasteiger partial charge in [0, 0.05) is 5.69 Å². The molecule has 1 rings (SSSR count). The number of alkyl halides is 2. The van der Waals surface area contributed by atoms with E-state index in [1.54, 1.807) is 6.92 Å². The van der Waals surface area contributed by atoms with Gasteiger partial charge in [-0.1, -0.05) is 0 Å². The summed E-state index contributed by atoms with van der Waals surface area (Å²) in [5.74, 6) is 0. The van der Waals surface area contributed by atoms with Crippen molar-refractivity contribution in [3.05, 3.63) is 27.5 Å². The Hall–Kier alpha value is -1.02. The van der Waals surface area contributed by atoms with Gasteiger partial charge in [-0.05, 0) is 34.5 Å². The Kier molecular flexibility index (Phi) is 3.53. The third-order valence-electron chi connectivity index (χ3n) is 1.71. The minimum absolute atomic E-state index is 0.0262. The Labute approximate surface area is 88.7 Å². The van der Waals surface area contributed by atoms with Crippen molar-refractivity contribution in [3.8, 4) is 6.07 Å². The Bertz CT molecular complexity index is 385. The van der Waals surface area contributed by atoms with E-state index in [-0.39, 0.29) is 16.6 Å². The Morgan fingerprint density at radius 3 is 2.79 bits per heavy atom. The predicted molar refractivity (Wildman–Crippen MR) is 50.9 cm³/mol. The highest BCUT2D eigenvalue weighted by atomic mass is 79.9. The maximum atomic E-state index is 12.6. The van der Waals surface area contributed by atoms with Gasteiger partial charge in [0.15, 0.2) is 0 Å². The van der Waals surface area contributed by atoms with E-state index >= 15 is 0 Å². The number of aryl methyl sites for hydroxylation is 1. The number of rotatable bonds is 2. The fraction of sp³-hybridized carbons (Fsp3) is 0.333. The van der Waals surface area contributed by atoms with E-state index in [9.17, 15) is 8.78 Å². The van der Waals surface area contributed by atoms with Crippen LogP contribution in [0.4, 0.5) is 8.78 Å². The molecule has 0 fully saturated rings. The molecule has 0 saturated heterocycles. The van der Waals surface area contributed by atoms with E-state index in [0.29, 0.717) is 11.3 Å². The number of nitriles is 1. The van der Waals surface area contributed by atoms with Crippen molar-refractivity contribution < 1.29 is 8.78 Å². The molecule has 1 aromatic rings. The second kappa shape index (κ2) is 4.47. The van der Waals surface area contributed by atoms with Crippen LogP contribution in [0, 0.1) is 18.3 Å². The molecule has 74 valence electrons. The van der Waals surface area contributed by atoms with Crippen molar-refractivity contribution in [1.82, 2.24) is 4.98 Å².